The van der Waals surface area contributed by atoms with Gasteiger partial charge < -0.3 is 18.9 Å². The Morgan fingerprint density at radius 2 is 1.67 bits per heavy atom. The number of fused-ring (bicyclic) bond motifs is 6. The number of hydrogen-bond donors (Lipinski definition) is 1. The average Bonchev–Trinajstić information content (AvgIpc) is 3.86. The summed E-state index contributed by atoms with van der Waals surface area (Å²) in [4.78, 5) is 48.1. The Balaban J connectivity index is 0.973. The number of nitrogens with zero attached hydrogens (tertiary/aromatic N) is 9. The third kappa shape index (κ3) is 6.29. The summed E-state index contributed by atoms with van der Waals surface area (Å²) in [5, 5.41) is 15.0. The van der Waals surface area contributed by atoms with Gasteiger partial charge in [0.25, 0.3) is 5.91 Å². The van der Waals surface area contributed by atoms with Crippen molar-refractivity contribution in [3.8, 4) is 17.2 Å². The SMILES string of the molecule is Cc1cc(-n2nc3c(c2-n2ccn(-c4ccc5c(cnn5C5CC5)c4F)c2=O)[C@@H]2COC[C@H](C3)N2C(=O)c2cc3cc([C@H]4CCOC(C)(C)C4)ccc3n2[C@@]2(c3noc(=O)[nH]3)C[C@@H]2C)cc(C)c1F. The van der Waals surface area contributed by atoms with E-state index in [-0.39, 0.29) is 60.5 Å². The molecule has 16 nitrogen and oxygen atoms in total. The van der Waals surface area contributed by atoms with Crippen LogP contribution in [0.5, 0.6) is 0 Å². The number of aromatic amines is 1. The van der Waals surface area contributed by atoms with Gasteiger partial charge in [-0.05, 0) is 131 Å². The topological polar surface area (TPSA) is 165 Å². The zero-order chi connectivity index (χ0) is 47.4. The van der Waals surface area contributed by atoms with Gasteiger partial charge in [-0.3, -0.25) is 28.1 Å². The Hall–Kier alpha value is -6.92. The quantitative estimate of drug-likeness (QED) is 0.161. The fourth-order valence-electron chi connectivity index (χ4n) is 11.9. The zero-order valence-corrected chi connectivity index (χ0v) is 38.8. The maximum Gasteiger partial charge on any atom is 0.438 e. The van der Waals surface area contributed by atoms with Crippen molar-refractivity contribution in [2.45, 2.75) is 108 Å². The molecule has 8 aromatic rings. The highest BCUT2D eigenvalue weighted by atomic mass is 19.1. The van der Waals surface area contributed by atoms with E-state index in [1.807, 2.05) is 20.2 Å². The predicted molar refractivity (Wildman–Crippen MR) is 249 cm³/mol. The van der Waals surface area contributed by atoms with Crippen LogP contribution in [-0.4, -0.2) is 85.7 Å². The molecule has 5 aliphatic rings. The van der Waals surface area contributed by atoms with Crippen LogP contribution in [0.1, 0.15) is 115 Å². The van der Waals surface area contributed by atoms with Crippen LogP contribution >= 0.6 is 0 Å². The molecule has 354 valence electrons. The van der Waals surface area contributed by atoms with Crippen molar-refractivity contribution >= 4 is 27.7 Å². The van der Waals surface area contributed by atoms with Crippen molar-refractivity contribution in [3.63, 3.8) is 0 Å². The Morgan fingerprint density at radius 3 is 2.39 bits per heavy atom. The van der Waals surface area contributed by atoms with Gasteiger partial charge in [0.2, 0.25) is 0 Å². The summed E-state index contributed by atoms with van der Waals surface area (Å²) in [5.74, 6) is -0.971. The molecule has 1 N–H and O–H groups in total. The van der Waals surface area contributed by atoms with Gasteiger partial charge in [-0.25, -0.2) is 23.1 Å². The number of ether oxygens (including phenoxy) is 2. The van der Waals surface area contributed by atoms with Gasteiger partial charge in [-0.1, -0.05) is 18.1 Å². The fourth-order valence-corrected chi connectivity index (χ4v) is 11.9. The minimum absolute atomic E-state index is 0.0181. The summed E-state index contributed by atoms with van der Waals surface area (Å²) in [5.41, 5.74) is 3.90. The lowest BCUT2D eigenvalue weighted by molar-refractivity contribution is -0.0592. The Labute approximate surface area is 393 Å². The Morgan fingerprint density at radius 1 is 0.899 bits per heavy atom. The number of H-pyrrole nitrogens is 1. The molecule has 0 radical (unpaired) electrons. The Kier molecular flexibility index (Phi) is 9.05. The van der Waals surface area contributed by atoms with Gasteiger partial charge in [-0.15, -0.1) is 0 Å². The van der Waals surface area contributed by atoms with Crippen LogP contribution < -0.4 is 11.4 Å². The molecule has 8 heterocycles. The summed E-state index contributed by atoms with van der Waals surface area (Å²) in [7, 11) is 0. The highest BCUT2D eigenvalue weighted by molar-refractivity contribution is 6.00. The van der Waals surface area contributed by atoms with Crippen molar-refractivity contribution in [2.24, 2.45) is 5.92 Å². The first-order valence-corrected chi connectivity index (χ1v) is 23.8. The maximum absolute atomic E-state index is 16.5. The molecule has 5 atom stereocenters. The van der Waals surface area contributed by atoms with Crippen LogP contribution in [-0.2, 0) is 21.4 Å². The second-order valence-electron chi connectivity index (χ2n) is 20.5. The van der Waals surface area contributed by atoms with Crippen LogP contribution in [0, 0.1) is 31.4 Å². The second kappa shape index (κ2) is 14.8. The van der Waals surface area contributed by atoms with Gasteiger partial charge in [0.1, 0.15) is 22.9 Å². The van der Waals surface area contributed by atoms with Crippen LogP contribution in [0.2, 0.25) is 0 Å². The van der Waals surface area contributed by atoms with Gasteiger partial charge >= 0.3 is 11.4 Å². The number of carbonyl (C=O) groups excluding carboxylic acids is 1. The molecule has 0 spiro atoms. The number of hydrogen-bond acceptors (Lipinski definition) is 9. The number of halogens is 2. The molecule has 2 saturated carbocycles. The minimum atomic E-state index is -0.882. The number of aromatic nitrogens is 9. The largest absolute Gasteiger partial charge is 0.438 e. The first kappa shape index (κ1) is 42.2. The van der Waals surface area contributed by atoms with Gasteiger partial charge in [0.15, 0.2) is 11.6 Å². The monoisotopic (exact) mass is 936 g/mol. The smallest absolute Gasteiger partial charge is 0.377 e. The fraction of sp³-hybridized carbons (Fsp3) is 0.412. The number of morpholine rings is 1. The van der Waals surface area contributed by atoms with E-state index < -0.39 is 34.9 Å². The number of rotatable bonds is 8. The first-order valence-electron chi connectivity index (χ1n) is 23.8. The van der Waals surface area contributed by atoms with E-state index in [4.69, 9.17) is 19.1 Å². The third-order valence-corrected chi connectivity index (χ3v) is 15.5. The van der Waals surface area contributed by atoms with Crippen LogP contribution in [0.4, 0.5) is 8.78 Å². The van der Waals surface area contributed by atoms with Crippen molar-refractivity contribution in [1.82, 2.24) is 48.3 Å². The highest BCUT2D eigenvalue weighted by Crippen LogP contribution is 2.56. The molecule has 3 aliphatic heterocycles. The van der Waals surface area contributed by atoms with E-state index in [2.05, 4.69) is 54.2 Å². The lowest BCUT2D eigenvalue weighted by Crippen LogP contribution is -2.55. The molecule has 4 fully saturated rings. The lowest BCUT2D eigenvalue weighted by Gasteiger charge is -2.45. The minimum Gasteiger partial charge on any atom is -0.377 e. The van der Waals surface area contributed by atoms with E-state index in [1.54, 1.807) is 49.0 Å². The summed E-state index contributed by atoms with van der Waals surface area (Å²) in [6, 6.07) is 14.1. The van der Waals surface area contributed by atoms with Gasteiger partial charge in [0.05, 0.1) is 71.1 Å². The van der Waals surface area contributed by atoms with E-state index in [1.165, 1.54) is 21.5 Å². The van der Waals surface area contributed by atoms with Crippen molar-refractivity contribution in [2.75, 3.05) is 19.8 Å². The second-order valence-corrected chi connectivity index (χ2v) is 20.5. The number of benzene rings is 3. The van der Waals surface area contributed by atoms with E-state index in [9.17, 15) is 9.59 Å². The molecular formula is C51H50F2N10O6. The van der Waals surface area contributed by atoms with E-state index in [0.717, 1.165) is 42.1 Å². The van der Waals surface area contributed by atoms with Crippen LogP contribution in [0.15, 0.2) is 81.2 Å². The summed E-state index contributed by atoms with van der Waals surface area (Å²) in [6.07, 6.45) is 9.16. The maximum atomic E-state index is 16.5. The molecule has 2 bridgehead atoms. The van der Waals surface area contributed by atoms with Gasteiger partial charge in [-0.2, -0.15) is 10.2 Å². The molecule has 2 aliphatic carbocycles. The van der Waals surface area contributed by atoms with Crippen molar-refractivity contribution in [1.29, 1.82) is 0 Å². The summed E-state index contributed by atoms with van der Waals surface area (Å²) in [6.45, 7) is 10.6. The number of carbonyl (C=O) groups is 1. The number of amides is 1. The number of nitrogens with one attached hydrogen (secondary N) is 1. The van der Waals surface area contributed by atoms with Gasteiger partial charge in [0, 0.05) is 41.9 Å². The molecule has 13 rings (SSSR count). The predicted octanol–water partition coefficient (Wildman–Crippen LogP) is 7.62. The van der Waals surface area contributed by atoms with E-state index in [0.29, 0.717) is 69.3 Å². The number of aryl methyl sites for hydroxylation is 2. The average molecular weight is 937 g/mol. The van der Waals surface area contributed by atoms with E-state index >= 15 is 13.6 Å². The molecule has 3 aromatic carbocycles. The summed E-state index contributed by atoms with van der Waals surface area (Å²) < 4.78 is 57.4. The third-order valence-electron chi connectivity index (χ3n) is 15.5. The molecule has 1 amide bonds. The molecule has 18 heteroatoms. The lowest BCUT2D eigenvalue weighted by atomic mass is 9.83. The molecule has 0 unspecified atom stereocenters. The molecule has 2 saturated heterocycles. The molecule has 69 heavy (non-hydrogen) atoms. The zero-order valence-electron chi connectivity index (χ0n) is 38.8. The van der Waals surface area contributed by atoms with Crippen LogP contribution in [0.3, 0.4) is 0 Å². The molecule has 5 aromatic heterocycles. The molecular weight excluding hydrogens is 887 g/mol. The van der Waals surface area contributed by atoms with Crippen molar-refractivity contribution < 1.29 is 27.6 Å². The standard InChI is InChI=1S/C51H50F2N10O6/c1-26-16-33(17-27(2)43(26)52)63-45(59-14-13-58(49(59)66)39-11-10-38-35(44(39)53)23-54-62(38)32-7-8-32)42-36(56-63)20-34-24-67-25-41(42)60(34)46(64)40-19-31-18-29(30-12-15-68-50(4,5)22-30)6-9-37(31)61(40)51(21-28(51)3)47-55-48(65)69-57-47/h6,9-11,13-14,16-19,23,28,30,32,34,41H,7-8,12,15,20-22,24-25H2,1-5H3,(H,55,57,65)/t28-,30-,34-,41-,51-/m0/s1. The Bertz CT molecular complexity index is 3560. The number of imidazole rings is 1. The first-order chi connectivity index (χ1) is 33.2. The summed E-state index contributed by atoms with van der Waals surface area (Å²) >= 11 is 0. The normalized spacial score (nSPS) is 24.1. The van der Waals surface area contributed by atoms with Crippen molar-refractivity contribution in [3.05, 3.63) is 139 Å². The van der Waals surface area contributed by atoms with Crippen LogP contribution in [0.25, 0.3) is 39.0 Å². The highest BCUT2D eigenvalue weighted by Gasteiger charge is 2.59.